The molecule has 3 rings (SSSR count). The van der Waals surface area contributed by atoms with Crippen LogP contribution in [0, 0.1) is 13.8 Å². The minimum atomic E-state index is 0.601. The maximum atomic E-state index is 4.57. The molecule has 0 aliphatic rings. The largest absolute Gasteiger partial charge is 0.353 e. The van der Waals surface area contributed by atoms with Crippen LogP contribution in [0.1, 0.15) is 11.4 Å². The fourth-order valence-corrected chi connectivity index (χ4v) is 2.90. The monoisotopic (exact) mass is 342 g/mol. The molecule has 0 atom stereocenters. The summed E-state index contributed by atoms with van der Waals surface area (Å²) in [5.41, 5.74) is 3.84. The quantitative estimate of drug-likeness (QED) is 0.536. The van der Waals surface area contributed by atoms with E-state index in [1.165, 1.54) is 0 Å². The van der Waals surface area contributed by atoms with Crippen LogP contribution in [0.3, 0.4) is 0 Å². The van der Waals surface area contributed by atoms with E-state index < -0.39 is 0 Å². The highest BCUT2D eigenvalue weighted by molar-refractivity contribution is 7.99. The Hall–Kier alpha value is -2.55. The van der Waals surface area contributed by atoms with Gasteiger partial charge in [0.25, 0.3) is 0 Å². The van der Waals surface area contributed by atoms with Gasteiger partial charge in [-0.3, -0.25) is 4.98 Å². The minimum absolute atomic E-state index is 0.601. The second-order valence-corrected chi connectivity index (χ2v) is 6.27. The van der Waals surface area contributed by atoms with Gasteiger partial charge < -0.3 is 5.32 Å². The number of thioether (sulfide) groups is 1. The molecular weight excluding hydrogens is 324 g/mol. The number of rotatable bonds is 6. The lowest BCUT2D eigenvalue weighted by Gasteiger charge is -2.08. The molecule has 0 saturated carbocycles. The van der Waals surface area contributed by atoms with Crippen molar-refractivity contribution in [3.63, 3.8) is 0 Å². The fraction of sp³-hybridized carbons (Fsp3) is 0.333. The minimum Gasteiger partial charge on any atom is -0.353 e. The zero-order chi connectivity index (χ0) is 16.9. The van der Waals surface area contributed by atoms with E-state index >= 15 is 0 Å². The van der Waals surface area contributed by atoms with Crippen LogP contribution < -0.4 is 5.32 Å². The van der Waals surface area contributed by atoms with Crippen LogP contribution in [0.15, 0.2) is 29.6 Å². The van der Waals surface area contributed by atoms with Gasteiger partial charge in [-0.05, 0) is 42.5 Å². The Bertz CT molecular complexity index is 832. The van der Waals surface area contributed by atoms with Gasteiger partial charge in [-0.25, -0.2) is 14.6 Å². The lowest BCUT2D eigenvalue weighted by molar-refractivity contribution is 0.664. The number of hydrogen-bond acceptors (Lipinski definition) is 8. The number of nitrogens with zero attached hydrogens (tertiary/aromatic N) is 7. The van der Waals surface area contributed by atoms with Crippen molar-refractivity contribution in [2.45, 2.75) is 19.0 Å². The molecule has 0 unspecified atom stereocenters. The molecule has 3 heterocycles. The summed E-state index contributed by atoms with van der Waals surface area (Å²) < 4.78 is 1.65. The van der Waals surface area contributed by atoms with Crippen LogP contribution in [0.4, 0.5) is 5.95 Å². The SMILES string of the molecule is Cc1ccc(-c2ccnc(NCCSc3nnnn3C)n2)c(C)n1. The van der Waals surface area contributed by atoms with Gasteiger partial charge in [0, 0.05) is 42.5 Å². The topological polar surface area (TPSA) is 94.3 Å². The maximum Gasteiger partial charge on any atom is 0.223 e. The molecule has 0 saturated heterocycles. The van der Waals surface area contributed by atoms with Crippen molar-refractivity contribution < 1.29 is 0 Å². The number of nitrogens with one attached hydrogen (secondary N) is 1. The van der Waals surface area contributed by atoms with Crippen LogP contribution in [0.25, 0.3) is 11.3 Å². The average Bonchev–Trinajstić information content (AvgIpc) is 2.97. The third kappa shape index (κ3) is 3.85. The van der Waals surface area contributed by atoms with Gasteiger partial charge in [0.2, 0.25) is 11.1 Å². The second-order valence-electron chi connectivity index (χ2n) is 5.21. The average molecular weight is 342 g/mol. The number of anilines is 1. The fourth-order valence-electron chi connectivity index (χ4n) is 2.20. The molecule has 0 aliphatic heterocycles. The Morgan fingerprint density at radius 2 is 2.04 bits per heavy atom. The van der Waals surface area contributed by atoms with Crippen molar-refractivity contribution in [1.82, 2.24) is 35.2 Å². The molecule has 24 heavy (non-hydrogen) atoms. The highest BCUT2D eigenvalue weighted by Crippen LogP contribution is 2.21. The first-order valence-corrected chi connectivity index (χ1v) is 8.49. The standard InChI is InChI=1S/C15H18N8S/c1-10-4-5-12(11(2)18-10)13-6-7-16-14(19-13)17-8-9-24-15-20-21-22-23(15)3/h4-7H,8-9H2,1-3H3,(H,16,17,19). The van der Waals surface area contributed by atoms with E-state index in [-0.39, 0.29) is 0 Å². The van der Waals surface area contributed by atoms with Gasteiger partial charge in [-0.2, -0.15) is 0 Å². The maximum absolute atomic E-state index is 4.57. The van der Waals surface area contributed by atoms with Crippen molar-refractivity contribution in [1.29, 1.82) is 0 Å². The molecule has 0 spiro atoms. The highest BCUT2D eigenvalue weighted by Gasteiger charge is 2.07. The number of tetrazole rings is 1. The first kappa shape index (κ1) is 16.3. The number of aryl methyl sites for hydroxylation is 3. The molecule has 0 fully saturated rings. The van der Waals surface area contributed by atoms with Gasteiger partial charge in [0.15, 0.2) is 0 Å². The molecular formula is C15H18N8S. The van der Waals surface area contributed by atoms with E-state index in [2.05, 4.69) is 35.8 Å². The van der Waals surface area contributed by atoms with Crippen LogP contribution in [-0.4, -0.2) is 47.5 Å². The van der Waals surface area contributed by atoms with E-state index in [1.807, 2.05) is 39.1 Å². The van der Waals surface area contributed by atoms with Crippen LogP contribution in [0.2, 0.25) is 0 Å². The third-order valence-corrected chi connectivity index (χ3v) is 4.37. The Balaban J connectivity index is 1.62. The lowest BCUT2D eigenvalue weighted by atomic mass is 10.1. The normalized spacial score (nSPS) is 10.8. The molecule has 0 amide bonds. The van der Waals surface area contributed by atoms with E-state index in [1.54, 1.807) is 22.6 Å². The molecule has 9 heteroatoms. The van der Waals surface area contributed by atoms with Gasteiger partial charge in [-0.15, -0.1) is 5.10 Å². The van der Waals surface area contributed by atoms with Crippen molar-refractivity contribution >= 4 is 17.7 Å². The van der Waals surface area contributed by atoms with Gasteiger partial charge in [0.05, 0.1) is 5.69 Å². The van der Waals surface area contributed by atoms with E-state index in [9.17, 15) is 0 Å². The lowest BCUT2D eigenvalue weighted by Crippen LogP contribution is -2.08. The highest BCUT2D eigenvalue weighted by atomic mass is 32.2. The molecule has 8 nitrogen and oxygen atoms in total. The van der Waals surface area contributed by atoms with E-state index in [0.29, 0.717) is 12.5 Å². The summed E-state index contributed by atoms with van der Waals surface area (Å²) >= 11 is 1.58. The first-order chi connectivity index (χ1) is 11.6. The van der Waals surface area contributed by atoms with Crippen LogP contribution in [0.5, 0.6) is 0 Å². The first-order valence-electron chi connectivity index (χ1n) is 7.50. The van der Waals surface area contributed by atoms with Gasteiger partial charge in [-0.1, -0.05) is 11.8 Å². The zero-order valence-corrected chi connectivity index (χ0v) is 14.6. The molecule has 0 aliphatic carbocycles. The van der Waals surface area contributed by atoms with Gasteiger partial charge >= 0.3 is 0 Å². The molecule has 0 aromatic carbocycles. The van der Waals surface area contributed by atoms with Crippen LogP contribution in [-0.2, 0) is 7.05 Å². The summed E-state index contributed by atoms with van der Waals surface area (Å²) in [6, 6.07) is 5.92. The van der Waals surface area contributed by atoms with Crippen LogP contribution >= 0.6 is 11.8 Å². The zero-order valence-electron chi connectivity index (χ0n) is 13.8. The third-order valence-electron chi connectivity index (χ3n) is 3.35. The Morgan fingerprint density at radius 1 is 1.17 bits per heavy atom. The molecule has 3 aromatic rings. The molecule has 1 N–H and O–H groups in total. The molecule has 0 bridgehead atoms. The number of aromatic nitrogens is 7. The molecule has 124 valence electrons. The predicted molar refractivity (Wildman–Crippen MR) is 92.7 cm³/mol. The summed E-state index contributed by atoms with van der Waals surface area (Å²) in [6.07, 6.45) is 1.75. The van der Waals surface area contributed by atoms with Crippen molar-refractivity contribution in [3.8, 4) is 11.3 Å². The summed E-state index contributed by atoms with van der Waals surface area (Å²) in [4.78, 5) is 13.3. The summed E-state index contributed by atoms with van der Waals surface area (Å²) in [6.45, 7) is 4.68. The van der Waals surface area contributed by atoms with Gasteiger partial charge in [0.1, 0.15) is 0 Å². The summed E-state index contributed by atoms with van der Waals surface area (Å²) in [5, 5.41) is 15.3. The Morgan fingerprint density at radius 3 is 2.79 bits per heavy atom. The number of pyridine rings is 1. The van der Waals surface area contributed by atoms with Crippen molar-refractivity contribution in [2.75, 3.05) is 17.6 Å². The summed E-state index contributed by atoms with van der Waals surface area (Å²) in [7, 11) is 1.82. The predicted octanol–water partition coefficient (Wildman–Crippen LogP) is 1.88. The second kappa shape index (κ2) is 7.35. The smallest absolute Gasteiger partial charge is 0.223 e. The van der Waals surface area contributed by atoms with E-state index in [4.69, 9.17) is 0 Å². The Kier molecular flexibility index (Phi) is 4.99. The van der Waals surface area contributed by atoms with Crippen molar-refractivity contribution in [2.24, 2.45) is 7.05 Å². The van der Waals surface area contributed by atoms with E-state index in [0.717, 1.165) is 33.6 Å². The molecule has 3 aromatic heterocycles. The van der Waals surface area contributed by atoms with Crippen molar-refractivity contribution in [3.05, 3.63) is 35.8 Å². The summed E-state index contributed by atoms with van der Waals surface area (Å²) in [5.74, 6) is 1.41. The number of hydrogen-bond donors (Lipinski definition) is 1. The molecule has 0 radical (unpaired) electrons. The Labute approximate surface area is 144 Å².